The minimum absolute atomic E-state index is 0.111. The second kappa shape index (κ2) is 8.13. The van der Waals surface area contributed by atoms with Gasteiger partial charge in [-0.15, -0.1) is 0 Å². The summed E-state index contributed by atoms with van der Waals surface area (Å²) in [5.74, 6) is -0.906. The van der Waals surface area contributed by atoms with E-state index >= 15 is 0 Å². The molecule has 0 aliphatic rings. The minimum Gasteiger partial charge on any atom is -0.459 e. The highest BCUT2D eigenvalue weighted by Crippen LogP contribution is 2.21. The molecule has 126 valence electrons. The lowest BCUT2D eigenvalue weighted by molar-refractivity contribution is -0.172. The molecule has 0 aromatic heterocycles. The number of ether oxygens (including phenoxy) is 3. The van der Waals surface area contributed by atoms with Crippen LogP contribution in [0.4, 0.5) is 0 Å². The van der Waals surface area contributed by atoms with Gasteiger partial charge in [0, 0.05) is 11.1 Å². The molecule has 0 N–H and O–H groups in total. The van der Waals surface area contributed by atoms with Crippen LogP contribution in [0.3, 0.4) is 0 Å². The fourth-order valence-corrected chi connectivity index (χ4v) is 1.30. The summed E-state index contributed by atoms with van der Waals surface area (Å²) in [6, 6.07) is 0. The quantitative estimate of drug-likeness (QED) is 0.483. The molecule has 0 aromatic carbocycles. The topological polar surface area (TPSA) is 61.8 Å². The SMILES string of the molecule is C=C(C)C(=O)OCC(C)(CC)OCC(C)(C)OC(=O)C(=C)C. The van der Waals surface area contributed by atoms with Gasteiger partial charge < -0.3 is 14.2 Å². The van der Waals surface area contributed by atoms with Crippen LogP contribution in [0.1, 0.15) is 48.0 Å². The van der Waals surface area contributed by atoms with Crippen molar-refractivity contribution < 1.29 is 23.8 Å². The van der Waals surface area contributed by atoms with Crippen molar-refractivity contribution in [2.45, 2.75) is 59.2 Å². The highest BCUT2D eigenvalue weighted by molar-refractivity contribution is 5.87. The van der Waals surface area contributed by atoms with Gasteiger partial charge in [-0.1, -0.05) is 20.1 Å². The van der Waals surface area contributed by atoms with Crippen molar-refractivity contribution in [1.82, 2.24) is 0 Å². The predicted octanol–water partition coefficient (Wildman–Crippen LogP) is 3.19. The van der Waals surface area contributed by atoms with Gasteiger partial charge in [0.05, 0.1) is 12.2 Å². The second-order valence-electron chi connectivity index (χ2n) is 6.38. The molecule has 0 bridgehead atoms. The molecule has 0 amide bonds. The molecule has 5 heteroatoms. The maximum Gasteiger partial charge on any atom is 0.333 e. The van der Waals surface area contributed by atoms with Crippen LogP contribution in [0, 0.1) is 0 Å². The van der Waals surface area contributed by atoms with Gasteiger partial charge in [-0.25, -0.2) is 9.59 Å². The molecule has 0 saturated heterocycles. The van der Waals surface area contributed by atoms with Gasteiger partial charge in [0.1, 0.15) is 12.2 Å². The van der Waals surface area contributed by atoms with Gasteiger partial charge in [0.25, 0.3) is 0 Å². The Kier molecular flexibility index (Phi) is 7.53. The highest BCUT2D eigenvalue weighted by Gasteiger charge is 2.31. The summed E-state index contributed by atoms with van der Waals surface area (Å²) in [6.07, 6.45) is 0.640. The van der Waals surface area contributed by atoms with Crippen LogP contribution in [0.15, 0.2) is 24.3 Å². The second-order valence-corrected chi connectivity index (χ2v) is 6.38. The molecule has 5 nitrogen and oxygen atoms in total. The van der Waals surface area contributed by atoms with Gasteiger partial charge in [0.2, 0.25) is 0 Å². The Morgan fingerprint density at radius 3 is 1.86 bits per heavy atom. The maximum absolute atomic E-state index is 11.6. The third-order valence-corrected chi connectivity index (χ3v) is 3.09. The standard InChI is InChI=1S/C17H28O5/c1-9-17(8,11-20-14(18)12(2)3)21-10-16(6,7)22-15(19)13(4)5/h2,4,9-11H2,1,3,5-8H3. The summed E-state index contributed by atoms with van der Waals surface area (Å²) in [5, 5.41) is 0. The molecule has 1 atom stereocenters. The molecule has 0 aliphatic carbocycles. The van der Waals surface area contributed by atoms with Crippen LogP contribution in [0.25, 0.3) is 0 Å². The monoisotopic (exact) mass is 312 g/mol. The summed E-state index contributed by atoms with van der Waals surface area (Å²) in [7, 11) is 0. The molecule has 0 saturated carbocycles. The molecule has 0 heterocycles. The Bertz CT molecular complexity index is 450. The van der Waals surface area contributed by atoms with Crippen LogP contribution >= 0.6 is 0 Å². The minimum atomic E-state index is -0.801. The molecule has 0 aromatic rings. The molecular formula is C17H28O5. The Hall–Kier alpha value is -1.62. The molecule has 22 heavy (non-hydrogen) atoms. The van der Waals surface area contributed by atoms with E-state index in [4.69, 9.17) is 14.2 Å². The zero-order valence-corrected chi connectivity index (χ0v) is 14.6. The lowest BCUT2D eigenvalue weighted by atomic mass is 10.0. The zero-order valence-electron chi connectivity index (χ0n) is 14.6. The van der Waals surface area contributed by atoms with Crippen LogP contribution in [-0.2, 0) is 23.8 Å². The summed E-state index contributed by atoms with van der Waals surface area (Å²) in [4.78, 5) is 23.1. The van der Waals surface area contributed by atoms with Gasteiger partial charge in [-0.05, 0) is 41.0 Å². The first-order valence-corrected chi connectivity index (χ1v) is 7.28. The van der Waals surface area contributed by atoms with Gasteiger partial charge >= 0.3 is 11.9 Å². The molecule has 0 fully saturated rings. The first-order valence-electron chi connectivity index (χ1n) is 7.28. The first kappa shape index (κ1) is 20.4. The fraction of sp³-hybridized carbons (Fsp3) is 0.647. The smallest absolute Gasteiger partial charge is 0.333 e. The molecule has 0 spiro atoms. The van der Waals surface area contributed by atoms with Crippen LogP contribution < -0.4 is 0 Å². The van der Waals surface area contributed by atoms with E-state index in [-0.39, 0.29) is 13.2 Å². The Balaban J connectivity index is 4.59. The Labute approximate surface area is 133 Å². The van der Waals surface area contributed by atoms with Crippen molar-refractivity contribution >= 4 is 11.9 Å². The normalized spacial score (nSPS) is 13.9. The molecular weight excluding hydrogens is 284 g/mol. The van der Waals surface area contributed by atoms with Gasteiger partial charge in [0.15, 0.2) is 0 Å². The average Bonchev–Trinajstić information content (AvgIpc) is 2.42. The van der Waals surface area contributed by atoms with Gasteiger partial charge in [-0.2, -0.15) is 0 Å². The Morgan fingerprint density at radius 2 is 1.45 bits per heavy atom. The third kappa shape index (κ3) is 7.41. The molecule has 0 rings (SSSR count). The fourth-order valence-electron chi connectivity index (χ4n) is 1.30. The van der Waals surface area contributed by atoms with E-state index in [1.807, 2.05) is 13.8 Å². The van der Waals surface area contributed by atoms with Crippen molar-refractivity contribution in [1.29, 1.82) is 0 Å². The predicted molar refractivity (Wildman–Crippen MR) is 85.4 cm³/mol. The van der Waals surface area contributed by atoms with E-state index in [9.17, 15) is 9.59 Å². The summed E-state index contributed by atoms with van der Waals surface area (Å²) >= 11 is 0. The van der Waals surface area contributed by atoms with Crippen molar-refractivity contribution in [3.63, 3.8) is 0 Å². The number of rotatable bonds is 9. The maximum atomic E-state index is 11.6. The van der Waals surface area contributed by atoms with Crippen molar-refractivity contribution in [3.8, 4) is 0 Å². The van der Waals surface area contributed by atoms with E-state index in [2.05, 4.69) is 13.2 Å². The van der Waals surface area contributed by atoms with Crippen molar-refractivity contribution in [2.75, 3.05) is 13.2 Å². The van der Waals surface area contributed by atoms with Crippen LogP contribution in [-0.4, -0.2) is 36.4 Å². The molecule has 1 unspecified atom stereocenters. The first-order chi connectivity index (χ1) is 9.92. The van der Waals surface area contributed by atoms with Crippen molar-refractivity contribution in [2.24, 2.45) is 0 Å². The van der Waals surface area contributed by atoms with E-state index in [0.717, 1.165) is 0 Å². The number of hydrogen-bond donors (Lipinski definition) is 0. The lowest BCUT2D eigenvalue weighted by Crippen LogP contribution is -2.42. The summed E-state index contributed by atoms with van der Waals surface area (Å²) in [6.45, 7) is 17.8. The van der Waals surface area contributed by atoms with E-state index in [1.54, 1.807) is 27.7 Å². The number of carbonyl (C=O) groups excluding carboxylic acids is 2. The zero-order chi connectivity index (χ0) is 17.6. The van der Waals surface area contributed by atoms with Crippen LogP contribution in [0.5, 0.6) is 0 Å². The molecule has 0 aliphatic heterocycles. The van der Waals surface area contributed by atoms with E-state index in [0.29, 0.717) is 17.6 Å². The summed E-state index contributed by atoms with van der Waals surface area (Å²) in [5.41, 5.74) is -0.779. The number of hydrogen-bond acceptors (Lipinski definition) is 5. The lowest BCUT2D eigenvalue weighted by Gasteiger charge is -2.33. The highest BCUT2D eigenvalue weighted by atomic mass is 16.6. The third-order valence-electron chi connectivity index (χ3n) is 3.09. The van der Waals surface area contributed by atoms with Gasteiger partial charge in [-0.3, -0.25) is 0 Å². The van der Waals surface area contributed by atoms with Crippen molar-refractivity contribution in [3.05, 3.63) is 24.3 Å². The average molecular weight is 312 g/mol. The van der Waals surface area contributed by atoms with Crippen LogP contribution in [0.2, 0.25) is 0 Å². The number of esters is 2. The number of carbonyl (C=O) groups is 2. The van der Waals surface area contributed by atoms with E-state index in [1.165, 1.54) is 0 Å². The molecule has 0 radical (unpaired) electrons. The summed E-state index contributed by atoms with van der Waals surface area (Å²) < 4.78 is 16.3. The Morgan fingerprint density at radius 1 is 0.955 bits per heavy atom. The largest absolute Gasteiger partial charge is 0.459 e. The van der Waals surface area contributed by atoms with E-state index < -0.39 is 23.1 Å².